The van der Waals surface area contributed by atoms with Gasteiger partial charge in [0.25, 0.3) is 0 Å². The highest BCUT2D eigenvalue weighted by molar-refractivity contribution is 7.21. The van der Waals surface area contributed by atoms with Gasteiger partial charge in [0.05, 0.1) is 10.2 Å². The first-order valence-corrected chi connectivity index (χ1v) is 10.6. The van der Waals surface area contributed by atoms with Crippen LogP contribution in [0.4, 0.5) is 5.69 Å². The molecule has 1 spiro atoms. The van der Waals surface area contributed by atoms with Crippen LogP contribution in [0, 0.1) is 0 Å². The summed E-state index contributed by atoms with van der Waals surface area (Å²) in [6.45, 7) is 0. The first-order chi connectivity index (χ1) is 14.0. The van der Waals surface area contributed by atoms with Gasteiger partial charge >= 0.3 is 0 Å². The number of nitrogens with zero attached hydrogens (tertiary/aromatic N) is 4. The highest BCUT2D eigenvalue weighted by Crippen LogP contribution is 2.41. The molecule has 2 heterocycles. The molecule has 1 saturated carbocycles. The van der Waals surface area contributed by atoms with Crippen molar-refractivity contribution in [2.45, 2.75) is 37.8 Å². The Hall–Kier alpha value is -3.13. The Morgan fingerprint density at radius 1 is 1.03 bits per heavy atom. The molecule has 5 rings (SSSR count). The highest BCUT2D eigenvalue weighted by Gasteiger charge is 2.42. The van der Waals surface area contributed by atoms with Gasteiger partial charge in [-0.1, -0.05) is 18.6 Å². The molecule has 0 saturated heterocycles. The summed E-state index contributed by atoms with van der Waals surface area (Å²) in [6, 6.07) is 13.3. The first-order valence-electron chi connectivity index (χ1n) is 9.74. The fourth-order valence-corrected chi connectivity index (χ4v) is 5.30. The number of hydrogen-bond acceptors (Lipinski definition) is 8. The number of aromatic nitrogens is 1. The third-order valence-electron chi connectivity index (χ3n) is 5.57. The smallest absolute Gasteiger partial charge is 0.220 e. The molecule has 2 aliphatic rings. The van der Waals surface area contributed by atoms with Gasteiger partial charge in [-0.15, -0.1) is 11.3 Å². The van der Waals surface area contributed by atoms with E-state index in [2.05, 4.69) is 11.1 Å². The molecular weight excluding hydrogens is 384 g/mol. The molecule has 0 bridgehead atoms. The van der Waals surface area contributed by atoms with Crippen molar-refractivity contribution in [3.05, 3.63) is 42.5 Å². The quantitative estimate of drug-likeness (QED) is 0.599. The van der Waals surface area contributed by atoms with Gasteiger partial charge in [-0.05, 0) is 56.0 Å². The van der Waals surface area contributed by atoms with Gasteiger partial charge in [0.1, 0.15) is 16.4 Å². The van der Waals surface area contributed by atoms with Gasteiger partial charge in [0.15, 0.2) is 0 Å². The van der Waals surface area contributed by atoms with Crippen molar-refractivity contribution in [1.29, 1.82) is 0 Å². The number of benzene rings is 2. The van der Waals surface area contributed by atoms with Crippen molar-refractivity contribution < 1.29 is 5.11 Å². The van der Waals surface area contributed by atoms with E-state index >= 15 is 0 Å². The average molecular weight is 407 g/mol. The number of thiazole rings is 1. The van der Waals surface area contributed by atoms with E-state index < -0.39 is 5.66 Å². The number of aromatic hydroxyl groups is 1. The lowest BCUT2D eigenvalue weighted by atomic mass is 9.87. The van der Waals surface area contributed by atoms with Gasteiger partial charge in [0, 0.05) is 11.3 Å². The zero-order valence-electron chi connectivity index (χ0n) is 15.9. The van der Waals surface area contributed by atoms with Gasteiger partial charge in [-0.3, -0.25) is 4.90 Å². The number of phenolic OH excluding ortho intramolecular Hbond substituents is 1. The third-order valence-corrected chi connectivity index (χ3v) is 6.64. The van der Waals surface area contributed by atoms with Crippen molar-refractivity contribution in [3.63, 3.8) is 0 Å². The standard InChI is InChI=1S/C21H22N6OS/c22-19-25-20(23)27(21(26-19)9-2-1-3-10-21)14-7-8-16-17(12-14)29-18(24-16)13-5-4-6-15(28)11-13/h4-8,11-12,28H,1-3,9-10H2,(H4,22,23,25,26). The minimum absolute atomic E-state index is 0.231. The maximum absolute atomic E-state index is 9.78. The summed E-state index contributed by atoms with van der Waals surface area (Å²) in [4.78, 5) is 15.7. The van der Waals surface area contributed by atoms with Gasteiger partial charge in [-0.2, -0.15) is 4.99 Å². The molecule has 7 nitrogen and oxygen atoms in total. The molecule has 3 aromatic rings. The van der Waals surface area contributed by atoms with E-state index in [9.17, 15) is 5.11 Å². The number of nitrogens with two attached hydrogens (primary N) is 2. The summed E-state index contributed by atoms with van der Waals surface area (Å²) < 4.78 is 1.04. The van der Waals surface area contributed by atoms with Gasteiger partial charge < -0.3 is 16.6 Å². The molecule has 0 amide bonds. The van der Waals surface area contributed by atoms with Crippen molar-refractivity contribution in [3.8, 4) is 16.3 Å². The van der Waals surface area contributed by atoms with Crippen LogP contribution in [0.2, 0.25) is 0 Å². The highest BCUT2D eigenvalue weighted by atomic mass is 32.1. The lowest BCUT2D eigenvalue weighted by molar-refractivity contribution is 0.305. The Labute approximate surface area is 172 Å². The summed E-state index contributed by atoms with van der Waals surface area (Å²) in [5.41, 5.74) is 14.6. The van der Waals surface area contributed by atoms with Crippen LogP contribution in [0.25, 0.3) is 20.8 Å². The van der Waals surface area contributed by atoms with Crippen LogP contribution in [0.15, 0.2) is 52.4 Å². The number of rotatable bonds is 2. The number of anilines is 1. The van der Waals surface area contributed by atoms with Crippen LogP contribution in [0.5, 0.6) is 5.75 Å². The minimum atomic E-state index is -0.458. The Morgan fingerprint density at radius 3 is 2.66 bits per heavy atom. The van der Waals surface area contributed by atoms with E-state index in [1.54, 1.807) is 23.5 Å². The topological polar surface area (TPSA) is 113 Å². The van der Waals surface area contributed by atoms with Crippen LogP contribution >= 0.6 is 11.3 Å². The second-order valence-corrected chi connectivity index (χ2v) is 8.57. The lowest BCUT2D eigenvalue weighted by Gasteiger charge is -2.45. The Bertz CT molecular complexity index is 1150. The molecule has 1 aromatic heterocycles. The number of guanidine groups is 2. The van der Waals surface area contributed by atoms with Gasteiger partial charge in [0.2, 0.25) is 11.9 Å². The molecule has 148 valence electrons. The van der Waals surface area contributed by atoms with Crippen molar-refractivity contribution in [1.82, 2.24) is 4.98 Å². The predicted octanol–water partition coefficient (Wildman–Crippen LogP) is 3.78. The molecule has 1 fully saturated rings. The molecule has 8 heteroatoms. The minimum Gasteiger partial charge on any atom is -0.508 e. The number of fused-ring (bicyclic) bond motifs is 1. The molecule has 0 radical (unpaired) electrons. The molecule has 2 aromatic carbocycles. The van der Waals surface area contributed by atoms with Crippen LogP contribution in [0.3, 0.4) is 0 Å². The molecule has 29 heavy (non-hydrogen) atoms. The van der Waals surface area contributed by atoms with Crippen molar-refractivity contribution in [2.75, 3.05) is 4.90 Å². The molecule has 1 aliphatic carbocycles. The van der Waals surface area contributed by atoms with Crippen LogP contribution in [-0.2, 0) is 0 Å². The van der Waals surface area contributed by atoms with E-state index in [1.807, 2.05) is 29.2 Å². The lowest BCUT2D eigenvalue weighted by Crippen LogP contribution is -2.58. The summed E-state index contributed by atoms with van der Waals surface area (Å²) >= 11 is 1.58. The van der Waals surface area contributed by atoms with E-state index in [0.29, 0.717) is 5.96 Å². The second kappa shape index (κ2) is 6.73. The summed E-state index contributed by atoms with van der Waals surface area (Å²) in [6.07, 6.45) is 5.18. The van der Waals surface area contributed by atoms with Gasteiger partial charge in [-0.25, -0.2) is 9.98 Å². The summed E-state index contributed by atoms with van der Waals surface area (Å²) in [5.74, 6) is 0.872. The van der Waals surface area contributed by atoms with E-state index in [1.165, 1.54) is 6.42 Å². The average Bonchev–Trinajstić information content (AvgIpc) is 3.11. The second-order valence-electron chi connectivity index (χ2n) is 7.54. The van der Waals surface area contributed by atoms with Crippen molar-refractivity contribution in [2.24, 2.45) is 21.5 Å². The predicted molar refractivity (Wildman–Crippen MR) is 118 cm³/mol. The van der Waals surface area contributed by atoms with Crippen LogP contribution < -0.4 is 16.4 Å². The fraction of sp³-hybridized carbons (Fsp3) is 0.286. The van der Waals surface area contributed by atoms with E-state index in [-0.39, 0.29) is 11.7 Å². The molecule has 0 atom stereocenters. The Morgan fingerprint density at radius 2 is 1.86 bits per heavy atom. The molecule has 5 N–H and O–H groups in total. The Balaban J connectivity index is 1.58. The molecular formula is C21H22N6OS. The number of hydrogen-bond donors (Lipinski definition) is 3. The van der Waals surface area contributed by atoms with Crippen LogP contribution in [0.1, 0.15) is 32.1 Å². The first kappa shape index (κ1) is 17.9. The van der Waals surface area contributed by atoms with Crippen LogP contribution in [-0.4, -0.2) is 27.7 Å². The van der Waals surface area contributed by atoms with Crippen molar-refractivity contribution >= 4 is 39.2 Å². The fourth-order valence-electron chi connectivity index (χ4n) is 4.31. The zero-order valence-corrected chi connectivity index (χ0v) is 16.7. The SMILES string of the molecule is NC1=NC2(CCCCC2)N(c2ccc3nc(-c4cccc(O)c4)sc3c2)C(N)=N1. The zero-order chi connectivity index (χ0) is 20.0. The Kier molecular flexibility index (Phi) is 4.16. The maximum atomic E-state index is 9.78. The molecule has 1 aliphatic heterocycles. The molecule has 0 unspecified atom stereocenters. The number of aliphatic imine (C=N–C) groups is 2. The summed E-state index contributed by atoms with van der Waals surface area (Å²) in [7, 11) is 0. The summed E-state index contributed by atoms with van der Waals surface area (Å²) in [5, 5.41) is 10.6. The largest absolute Gasteiger partial charge is 0.508 e. The van der Waals surface area contributed by atoms with E-state index in [4.69, 9.17) is 21.4 Å². The monoisotopic (exact) mass is 406 g/mol. The normalized spacial score (nSPS) is 18.7. The van der Waals surface area contributed by atoms with E-state index in [0.717, 1.165) is 52.2 Å². The third kappa shape index (κ3) is 3.09. The maximum Gasteiger partial charge on any atom is 0.220 e. The number of phenols is 1.